The maximum atomic E-state index is 6.04. The smallest absolute Gasteiger partial charge is 0.0538 e. The van der Waals surface area contributed by atoms with Gasteiger partial charge in [0.15, 0.2) is 0 Å². The third-order valence-electron chi connectivity index (χ3n) is 5.01. The molecule has 2 N–H and O–H groups in total. The Morgan fingerprint density at radius 2 is 2.05 bits per heavy atom. The van der Waals surface area contributed by atoms with Gasteiger partial charge in [-0.25, -0.2) is 0 Å². The van der Waals surface area contributed by atoms with Crippen molar-refractivity contribution in [2.24, 2.45) is 11.1 Å². The number of likely N-dealkylation sites (tertiary alicyclic amines) is 1. The van der Waals surface area contributed by atoms with Crippen molar-refractivity contribution < 1.29 is 0 Å². The minimum Gasteiger partial charge on any atom is -0.329 e. The monoisotopic (exact) mass is 278 g/mol. The number of hydrogen-bond acceptors (Lipinski definition) is 3. The summed E-state index contributed by atoms with van der Waals surface area (Å²) >= 11 is 0. The van der Waals surface area contributed by atoms with Crippen LogP contribution in [0.3, 0.4) is 0 Å². The first-order valence-corrected chi connectivity index (χ1v) is 8.08. The molecule has 0 aromatic carbocycles. The molecule has 4 heteroatoms. The Bertz CT molecular complexity index is 404. The van der Waals surface area contributed by atoms with E-state index in [9.17, 15) is 0 Å². The molecule has 2 rings (SSSR count). The highest BCUT2D eigenvalue weighted by atomic mass is 15.3. The van der Waals surface area contributed by atoms with Gasteiger partial charge in [-0.1, -0.05) is 27.2 Å². The lowest BCUT2D eigenvalue weighted by atomic mass is 9.78. The molecule has 0 saturated carbocycles. The first-order chi connectivity index (χ1) is 9.61. The maximum Gasteiger partial charge on any atom is 0.0538 e. The van der Waals surface area contributed by atoms with Crippen LogP contribution in [0.4, 0.5) is 0 Å². The number of rotatable bonds is 6. The molecule has 0 radical (unpaired) electrons. The van der Waals surface area contributed by atoms with Crippen LogP contribution in [0.15, 0.2) is 12.4 Å². The quantitative estimate of drug-likeness (QED) is 0.870. The summed E-state index contributed by atoms with van der Waals surface area (Å²) in [6.07, 6.45) is 9.14. The van der Waals surface area contributed by atoms with Gasteiger partial charge in [-0.05, 0) is 37.8 Å². The number of aryl methyl sites for hydroxylation is 1. The average Bonchev–Trinajstić information content (AvgIpc) is 2.91. The van der Waals surface area contributed by atoms with Gasteiger partial charge in [-0.15, -0.1) is 0 Å². The van der Waals surface area contributed by atoms with Crippen molar-refractivity contribution >= 4 is 0 Å². The first kappa shape index (κ1) is 15.5. The van der Waals surface area contributed by atoms with Crippen LogP contribution >= 0.6 is 0 Å². The molecule has 1 aliphatic rings. The van der Waals surface area contributed by atoms with Crippen molar-refractivity contribution in [3.63, 3.8) is 0 Å². The van der Waals surface area contributed by atoms with Crippen LogP contribution in [0.25, 0.3) is 0 Å². The lowest BCUT2D eigenvalue weighted by molar-refractivity contribution is 0.0828. The first-order valence-electron chi connectivity index (χ1n) is 8.08. The van der Waals surface area contributed by atoms with Crippen molar-refractivity contribution in [1.29, 1.82) is 0 Å². The number of nitrogens with two attached hydrogens (primary N) is 1. The molecule has 4 nitrogen and oxygen atoms in total. The van der Waals surface area contributed by atoms with Gasteiger partial charge in [-0.3, -0.25) is 9.58 Å². The Morgan fingerprint density at radius 1 is 1.35 bits per heavy atom. The summed E-state index contributed by atoms with van der Waals surface area (Å²) in [4.78, 5) is 2.55. The molecule has 0 spiro atoms. The van der Waals surface area contributed by atoms with E-state index in [-0.39, 0.29) is 0 Å². The molecule has 1 saturated heterocycles. The summed E-state index contributed by atoms with van der Waals surface area (Å²) in [7, 11) is 0. The van der Waals surface area contributed by atoms with E-state index >= 15 is 0 Å². The van der Waals surface area contributed by atoms with Crippen molar-refractivity contribution in [3.8, 4) is 0 Å². The molecule has 1 atom stereocenters. The molecule has 0 aliphatic carbocycles. The molecule has 1 aromatic heterocycles. The maximum absolute atomic E-state index is 6.04. The second-order valence-corrected chi connectivity index (χ2v) is 6.49. The highest BCUT2D eigenvalue weighted by Crippen LogP contribution is 2.36. The Hall–Kier alpha value is -0.870. The van der Waals surface area contributed by atoms with Crippen LogP contribution in [-0.4, -0.2) is 34.3 Å². The van der Waals surface area contributed by atoms with Crippen LogP contribution in [0.5, 0.6) is 0 Å². The molecule has 1 aliphatic heterocycles. The van der Waals surface area contributed by atoms with Gasteiger partial charge in [0.25, 0.3) is 0 Å². The van der Waals surface area contributed by atoms with E-state index in [0.717, 1.165) is 26.1 Å². The second-order valence-electron chi connectivity index (χ2n) is 6.49. The van der Waals surface area contributed by atoms with Gasteiger partial charge in [-0.2, -0.15) is 5.10 Å². The molecule has 2 heterocycles. The fourth-order valence-corrected chi connectivity index (χ4v) is 3.13. The van der Waals surface area contributed by atoms with E-state index in [0.29, 0.717) is 18.0 Å². The zero-order valence-electron chi connectivity index (χ0n) is 13.3. The van der Waals surface area contributed by atoms with Gasteiger partial charge in [0, 0.05) is 24.8 Å². The van der Waals surface area contributed by atoms with Crippen molar-refractivity contribution in [2.45, 2.75) is 59.0 Å². The van der Waals surface area contributed by atoms with E-state index in [1.165, 1.54) is 24.8 Å². The highest BCUT2D eigenvalue weighted by Gasteiger charge is 2.31. The van der Waals surface area contributed by atoms with Crippen LogP contribution in [0, 0.1) is 5.41 Å². The van der Waals surface area contributed by atoms with E-state index in [1.54, 1.807) is 0 Å². The fraction of sp³-hybridized carbons (Fsp3) is 0.812. The highest BCUT2D eigenvalue weighted by molar-refractivity contribution is 5.12. The van der Waals surface area contributed by atoms with E-state index in [1.807, 2.05) is 10.9 Å². The predicted octanol–water partition coefficient (Wildman–Crippen LogP) is 2.81. The number of nitrogens with zero attached hydrogens (tertiary/aromatic N) is 3. The van der Waals surface area contributed by atoms with E-state index < -0.39 is 0 Å². The largest absolute Gasteiger partial charge is 0.329 e. The molecule has 1 fully saturated rings. The Balaban J connectivity index is 2.01. The molecule has 0 bridgehead atoms. The number of hydrogen-bond donors (Lipinski definition) is 1. The fourth-order valence-electron chi connectivity index (χ4n) is 3.13. The molecular weight excluding hydrogens is 248 g/mol. The summed E-state index contributed by atoms with van der Waals surface area (Å²) in [6.45, 7) is 10.9. The summed E-state index contributed by atoms with van der Waals surface area (Å²) in [5.41, 5.74) is 7.85. The lowest BCUT2D eigenvalue weighted by Gasteiger charge is -2.42. The molecule has 1 aromatic rings. The Labute approximate surface area is 123 Å². The average molecular weight is 278 g/mol. The Morgan fingerprint density at radius 3 is 2.60 bits per heavy atom. The van der Waals surface area contributed by atoms with E-state index in [4.69, 9.17) is 5.73 Å². The molecular formula is C16H30N4. The molecule has 1 unspecified atom stereocenters. The van der Waals surface area contributed by atoms with Gasteiger partial charge in [0.2, 0.25) is 0 Å². The summed E-state index contributed by atoms with van der Waals surface area (Å²) in [5.74, 6) is 0. The third-order valence-corrected chi connectivity index (χ3v) is 5.01. The molecule has 114 valence electrons. The molecule has 20 heavy (non-hydrogen) atoms. The topological polar surface area (TPSA) is 47.1 Å². The van der Waals surface area contributed by atoms with Gasteiger partial charge in [0.1, 0.15) is 0 Å². The normalized spacial score (nSPS) is 21.0. The third kappa shape index (κ3) is 3.41. The standard InChI is InChI=1S/C16H30N4/c1-4-8-20-13-14(12-18-20)15(11-17)19-9-6-16(3,5-2)7-10-19/h12-13,15H,4-11,17H2,1-3H3. The van der Waals surface area contributed by atoms with Gasteiger partial charge >= 0.3 is 0 Å². The van der Waals surface area contributed by atoms with Crippen LogP contribution < -0.4 is 5.73 Å². The second kappa shape index (κ2) is 6.72. The van der Waals surface area contributed by atoms with E-state index in [2.05, 4.69) is 37.0 Å². The number of piperidine rings is 1. The minimum atomic E-state index is 0.335. The van der Waals surface area contributed by atoms with Gasteiger partial charge < -0.3 is 5.73 Å². The zero-order valence-corrected chi connectivity index (χ0v) is 13.3. The van der Waals surface area contributed by atoms with Crippen LogP contribution in [0.2, 0.25) is 0 Å². The lowest BCUT2D eigenvalue weighted by Crippen LogP contribution is -2.42. The van der Waals surface area contributed by atoms with Gasteiger partial charge in [0.05, 0.1) is 12.2 Å². The predicted molar refractivity (Wildman–Crippen MR) is 83.5 cm³/mol. The Kier molecular flexibility index (Phi) is 5.22. The zero-order chi connectivity index (χ0) is 14.6. The van der Waals surface area contributed by atoms with Crippen molar-refractivity contribution in [3.05, 3.63) is 18.0 Å². The van der Waals surface area contributed by atoms with Crippen molar-refractivity contribution in [1.82, 2.24) is 14.7 Å². The SMILES string of the molecule is CCCn1cc(C(CN)N2CCC(C)(CC)CC2)cn1. The summed E-state index contributed by atoms with van der Waals surface area (Å²) in [5, 5.41) is 4.45. The summed E-state index contributed by atoms with van der Waals surface area (Å²) < 4.78 is 2.04. The minimum absolute atomic E-state index is 0.335. The number of aromatic nitrogens is 2. The van der Waals surface area contributed by atoms with Crippen LogP contribution in [0.1, 0.15) is 58.1 Å². The summed E-state index contributed by atoms with van der Waals surface area (Å²) in [6, 6.07) is 0.335. The van der Waals surface area contributed by atoms with Crippen LogP contribution in [-0.2, 0) is 6.54 Å². The molecule has 0 amide bonds. The van der Waals surface area contributed by atoms with Crippen molar-refractivity contribution in [2.75, 3.05) is 19.6 Å².